The molecule has 0 fully saturated rings. The van der Waals surface area contributed by atoms with Gasteiger partial charge in [-0.25, -0.2) is 0 Å². The van der Waals surface area contributed by atoms with E-state index in [-0.39, 0.29) is 63.7 Å². The van der Waals surface area contributed by atoms with Gasteiger partial charge in [0.2, 0.25) is 0 Å². The lowest BCUT2D eigenvalue weighted by Crippen LogP contribution is -2.37. The molecule has 8 heteroatoms. The third-order valence-corrected chi connectivity index (χ3v) is 4.05. The Morgan fingerprint density at radius 3 is 1.68 bits per heavy atom. The molecule has 0 aromatic heterocycles. The van der Waals surface area contributed by atoms with E-state index in [4.69, 9.17) is 19.7 Å². The van der Waals surface area contributed by atoms with Crippen LogP contribution >= 0.6 is 0 Å². The summed E-state index contributed by atoms with van der Waals surface area (Å²) >= 11 is 0. The highest BCUT2D eigenvalue weighted by Crippen LogP contribution is 2.33. The van der Waals surface area contributed by atoms with E-state index in [1.165, 1.54) is 13.8 Å². The lowest BCUT2D eigenvalue weighted by atomic mass is 9.72. The van der Waals surface area contributed by atoms with Crippen LogP contribution in [0.25, 0.3) is 0 Å². The molecule has 0 radical (unpaired) electrons. The predicted molar refractivity (Wildman–Crippen MR) is 87.6 cm³/mol. The van der Waals surface area contributed by atoms with E-state index in [0.29, 0.717) is 12.8 Å². The van der Waals surface area contributed by atoms with E-state index in [1.807, 2.05) is 0 Å². The zero-order chi connectivity index (χ0) is 19.3. The van der Waals surface area contributed by atoms with Crippen molar-refractivity contribution in [2.45, 2.75) is 52.4 Å². The van der Waals surface area contributed by atoms with Crippen LogP contribution in [0.15, 0.2) is 0 Å². The average Bonchev–Trinajstić information content (AvgIpc) is 2.56. The summed E-state index contributed by atoms with van der Waals surface area (Å²) in [4.78, 5) is 47.1. The molecule has 0 saturated carbocycles. The van der Waals surface area contributed by atoms with Crippen LogP contribution in [-0.2, 0) is 28.7 Å². The van der Waals surface area contributed by atoms with E-state index in [1.54, 1.807) is 0 Å². The molecule has 0 aliphatic rings. The topological polar surface area (TPSA) is 127 Å². The summed E-state index contributed by atoms with van der Waals surface area (Å²) in [6.07, 6.45) is 1.18. The summed E-state index contributed by atoms with van der Waals surface area (Å²) in [5, 5.41) is 17.2. The van der Waals surface area contributed by atoms with Crippen LogP contribution in [0.5, 0.6) is 0 Å². The van der Waals surface area contributed by atoms with Crippen molar-refractivity contribution < 1.29 is 38.9 Å². The van der Waals surface area contributed by atoms with E-state index in [9.17, 15) is 19.2 Å². The monoisotopic (exact) mass is 360 g/mol. The summed E-state index contributed by atoms with van der Waals surface area (Å²) < 4.78 is 9.48. The second-order valence-electron chi connectivity index (χ2n) is 5.79. The van der Waals surface area contributed by atoms with Gasteiger partial charge < -0.3 is 19.7 Å². The first-order chi connectivity index (χ1) is 11.8. The van der Waals surface area contributed by atoms with Gasteiger partial charge >= 0.3 is 11.9 Å². The van der Waals surface area contributed by atoms with Gasteiger partial charge in [0.25, 0.3) is 0 Å². The van der Waals surface area contributed by atoms with Crippen molar-refractivity contribution in [3.63, 3.8) is 0 Å². The quantitative estimate of drug-likeness (QED) is 0.261. The highest BCUT2D eigenvalue weighted by Gasteiger charge is 2.40. The van der Waals surface area contributed by atoms with Gasteiger partial charge in [-0.3, -0.25) is 19.2 Å². The molecule has 0 saturated heterocycles. The van der Waals surface area contributed by atoms with Crippen LogP contribution in [0.3, 0.4) is 0 Å². The first-order valence-electron chi connectivity index (χ1n) is 8.35. The van der Waals surface area contributed by atoms with Gasteiger partial charge in [0.15, 0.2) is 0 Å². The highest BCUT2D eigenvalue weighted by atomic mass is 16.5. The molecule has 0 heterocycles. The number of carbonyl (C=O) groups excluding carboxylic acids is 4. The van der Waals surface area contributed by atoms with E-state index in [2.05, 4.69) is 0 Å². The Kier molecular flexibility index (Phi) is 11.6. The van der Waals surface area contributed by atoms with Crippen molar-refractivity contribution >= 4 is 23.5 Å². The predicted octanol–water partition coefficient (Wildman–Crippen LogP) is 0.562. The minimum Gasteiger partial charge on any atom is -0.463 e. The van der Waals surface area contributed by atoms with Crippen molar-refractivity contribution in [2.75, 3.05) is 26.4 Å². The Bertz CT molecular complexity index is 444. The Hall–Kier alpha value is -1.80. The standard InChI is InChI=1S/C17H28O8/c1-13(20)17(14(2)21,8-6-16(23)25-12-10-19)7-4-3-5-15(22)24-11-9-18/h18-19H,3-12H2,1-2H3. The molecule has 0 atom stereocenters. The molecule has 0 amide bonds. The van der Waals surface area contributed by atoms with Gasteiger partial charge in [0.1, 0.15) is 24.8 Å². The van der Waals surface area contributed by atoms with Crippen LogP contribution in [0.1, 0.15) is 52.4 Å². The van der Waals surface area contributed by atoms with Gasteiger partial charge in [-0.2, -0.15) is 0 Å². The Labute approximate surface area is 147 Å². The minimum atomic E-state index is -1.27. The maximum Gasteiger partial charge on any atom is 0.305 e. The lowest BCUT2D eigenvalue weighted by molar-refractivity contribution is -0.147. The fourth-order valence-corrected chi connectivity index (χ4v) is 2.55. The summed E-state index contributed by atoms with van der Waals surface area (Å²) in [5.41, 5.74) is -1.27. The van der Waals surface area contributed by atoms with E-state index >= 15 is 0 Å². The number of Topliss-reactive ketones (excluding diaryl/α,β-unsaturated/α-hetero) is 2. The molecule has 2 N–H and O–H groups in total. The lowest BCUT2D eigenvalue weighted by Gasteiger charge is -2.28. The number of hydrogen-bond acceptors (Lipinski definition) is 8. The third-order valence-electron chi connectivity index (χ3n) is 4.05. The maximum atomic E-state index is 12.1. The summed E-state index contributed by atoms with van der Waals surface area (Å²) in [6, 6.07) is 0. The van der Waals surface area contributed by atoms with Gasteiger partial charge in [-0.05, 0) is 33.1 Å². The zero-order valence-electron chi connectivity index (χ0n) is 14.9. The largest absolute Gasteiger partial charge is 0.463 e. The molecule has 0 spiro atoms. The Balaban J connectivity index is 4.61. The fraction of sp³-hybridized carbons (Fsp3) is 0.765. The van der Waals surface area contributed by atoms with E-state index in [0.717, 1.165) is 0 Å². The maximum absolute atomic E-state index is 12.1. The number of unbranched alkanes of at least 4 members (excludes halogenated alkanes) is 1. The number of rotatable bonds is 14. The number of aliphatic hydroxyl groups excluding tert-OH is 2. The summed E-state index contributed by atoms with van der Waals surface area (Å²) in [6.45, 7) is 1.92. The van der Waals surface area contributed by atoms with Crippen molar-refractivity contribution in [1.82, 2.24) is 0 Å². The third kappa shape index (κ3) is 8.74. The second-order valence-corrected chi connectivity index (χ2v) is 5.79. The van der Waals surface area contributed by atoms with Crippen LogP contribution in [-0.4, -0.2) is 60.1 Å². The van der Waals surface area contributed by atoms with Crippen LogP contribution in [0.2, 0.25) is 0 Å². The molecule has 0 aromatic rings. The minimum absolute atomic E-state index is 0.0386. The number of ketones is 2. The van der Waals surface area contributed by atoms with Crippen LogP contribution < -0.4 is 0 Å². The summed E-state index contributed by atoms with van der Waals surface area (Å²) in [5.74, 6) is -1.66. The number of ether oxygens (including phenoxy) is 2. The van der Waals surface area contributed by atoms with Crippen LogP contribution in [0, 0.1) is 5.41 Å². The molecule has 144 valence electrons. The van der Waals surface area contributed by atoms with Crippen molar-refractivity contribution in [2.24, 2.45) is 5.41 Å². The molecule has 25 heavy (non-hydrogen) atoms. The fourth-order valence-electron chi connectivity index (χ4n) is 2.55. The van der Waals surface area contributed by atoms with Gasteiger partial charge in [-0.1, -0.05) is 6.42 Å². The smallest absolute Gasteiger partial charge is 0.305 e. The molecule has 8 nitrogen and oxygen atoms in total. The molecule has 0 bridgehead atoms. The summed E-state index contributed by atoms with van der Waals surface area (Å²) in [7, 11) is 0. The van der Waals surface area contributed by atoms with Crippen LogP contribution in [0.4, 0.5) is 0 Å². The molecule has 0 aromatic carbocycles. The molecule has 0 unspecified atom stereocenters. The first kappa shape index (κ1) is 23.2. The first-order valence-corrected chi connectivity index (χ1v) is 8.35. The molecule has 0 rings (SSSR count). The van der Waals surface area contributed by atoms with Crippen molar-refractivity contribution in [3.05, 3.63) is 0 Å². The SMILES string of the molecule is CC(=O)C(CCCCC(=O)OCCO)(CCC(=O)OCCO)C(C)=O. The second kappa shape index (κ2) is 12.5. The highest BCUT2D eigenvalue weighted by molar-refractivity contribution is 6.05. The van der Waals surface area contributed by atoms with Gasteiger partial charge in [0.05, 0.1) is 18.6 Å². The van der Waals surface area contributed by atoms with Crippen molar-refractivity contribution in [1.29, 1.82) is 0 Å². The normalized spacial score (nSPS) is 11.0. The zero-order valence-corrected chi connectivity index (χ0v) is 14.9. The number of hydrogen-bond donors (Lipinski definition) is 2. The Morgan fingerprint density at radius 2 is 1.24 bits per heavy atom. The number of aliphatic hydroxyl groups is 2. The van der Waals surface area contributed by atoms with Gasteiger partial charge in [-0.15, -0.1) is 0 Å². The number of esters is 2. The molecular formula is C17H28O8. The average molecular weight is 360 g/mol. The van der Waals surface area contributed by atoms with Crippen molar-refractivity contribution in [3.8, 4) is 0 Å². The Morgan fingerprint density at radius 1 is 0.760 bits per heavy atom. The molecule has 0 aliphatic carbocycles. The number of carbonyl (C=O) groups is 4. The molecule has 0 aliphatic heterocycles. The van der Waals surface area contributed by atoms with E-state index < -0.39 is 17.4 Å². The molecular weight excluding hydrogens is 332 g/mol. The van der Waals surface area contributed by atoms with Gasteiger partial charge in [0, 0.05) is 12.8 Å².